The van der Waals surface area contributed by atoms with Gasteiger partial charge in [-0.25, -0.2) is 4.99 Å². The average molecular weight is 82.1 g/mol. The predicted molar refractivity (Wildman–Crippen MR) is 22.5 cm³/mol. The van der Waals surface area contributed by atoms with Crippen molar-refractivity contribution in [3.05, 3.63) is 12.3 Å². The van der Waals surface area contributed by atoms with Gasteiger partial charge < -0.3 is 4.74 Å². The fourth-order valence-corrected chi connectivity index (χ4v) is 0.249. The smallest absolute Gasteiger partial charge is 0.278 e. The SMILES string of the molecule is [C]1=NCC=CO1. The Bertz CT molecular complexity index is 65.5. The van der Waals surface area contributed by atoms with Crippen molar-refractivity contribution in [3.63, 3.8) is 0 Å². The van der Waals surface area contributed by atoms with Crippen LogP contribution in [0.1, 0.15) is 0 Å². The first kappa shape index (κ1) is 3.40. The second kappa shape index (κ2) is 1.60. The van der Waals surface area contributed by atoms with E-state index in [1.54, 1.807) is 6.26 Å². The van der Waals surface area contributed by atoms with Crippen molar-refractivity contribution in [1.82, 2.24) is 0 Å². The molecule has 0 unspecified atom stereocenters. The highest BCUT2D eigenvalue weighted by molar-refractivity contribution is 5.48. The van der Waals surface area contributed by atoms with Crippen LogP contribution in [0, 0.1) is 0 Å². The molecule has 0 aromatic rings. The van der Waals surface area contributed by atoms with Crippen molar-refractivity contribution in [2.45, 2.75) is 0 Å². The normalized spacial score (nSPS) is 17.3. The van der Waals surface area contributed by atoms with Gasteiger partial charge in [0.15, 0.2) is 0 Å². The third-order valence-corrected chi connectivity index (χ3v) is 0.478. The van der Waals surface area contributed by atoms with Crippen LogP contribution in [0.2, 0.25) is 0 Å². The molecule has 0 saturated carbocycles. The summed E-state index contributed by atoms with van der Waals surface area (Å²) in [5.74, 6) is 0. The number of hydrogen-bond acceptors (Lipinski definition) is 2. The summed E-state index contributed by atoms with van der Waals surface area (Å²) in [6, 6.07) is 0. The first-order valence-corrected chi connectivity index (χ1v) is 1.72. The predicted octanol–water partition coefficient (Wildman–Crippen LogP) is 0.436. The molecule has 2 nitrogen and oxygen atoms in total. The minimum absolute atomic E-state index is 0.708. The van der Waals surface area contributed by atoms with Crippen LogP contribution in [0.3, 0.4) is 0 Å². The fourth-order valence-electron chi connectivity index (χ4n) is 0.249. The number of rotatable bonds is 0. The average Bonchev–Trinajstić information content (AvgIpc) is 1.72. The highest BCUT2D eigenvalue weighted by atomic mass is 16.5. The van der Waals surface area contributed by atoms with Gasteiger partial charge in [-0.2, -0.15) is 0 Å². The maximum atomic E-state index is 4.47. The number of ether oxygens (including phenoxy) is 1. The van der Waals surface area contributed by atoms with E-state index in [0.29, 0.717) is 6.54 Å². The monoisotopic (exact) mass is 82.0 g/mol. The van der Waals surface area contributed by atoms with Crippen molar-refractivity contribution < 1.29 is 4.74 Å². The van der Waals surface area contributed by atoms with Crippen molar-refractivity contribution >= 4 is 6.40 Å². The van der Waals surface area contributed by atoms with E-state index in [1.165, 1.54) is 0 Å². The number of aliphatic imine (C=N–C) groups is 1. The molecule has 0 spiro atoms. The maximum Gasteiger partial charge on any atom is 0.278 e. The van der Waals surface area contributed by atoms with Gasteiger partial charge in [-0.05, 0) is 6.08 Å². The molecular formula is C4H4NO. The zero-order valence-electron chi connectivity index (χ0n) is 3.22. The molecule has 1 heterocycles. The van der Waals surface area contributed by atoms with Crippen LogP contribution in [-0.2, 0) is 4.74 Å². The van der Waals surface area contributed by atoms with E-state index in [-0.39, 0.29) is 0 Å². The minimum Gasteiger partial charge on any atom is -0.443 e. The van der Waals surface area contributed by atoms with Crippen LogP contribution in [0.5, 0.6) is 0 Å². The Morgan fingerprint density at radius 3 is 3.00 bits per heavy atom. The molecule has 0 amide bonds. The van der Waals surface area contributed by atoms with Gasteiger partial charge in [0.05, 0.1) is 12.8 Å². The molecular weight excluding hydrogens is 78.0 g/mol. The van der Waals surface area contributed by atoms with Gasteiger partial charge in [0.1, 0.15) is 0 Å². The van der Waals surface area contributed by atoms with Crippen molar-refractivity contribution in [2.75, 3.05) is 6.54 Å². The molecule has 1 aliphatic rings. The summed E-state index contributed by atoms with van der Waals surface area (Å²) >= 11 is 0. The van der Waals surface area contributed by atoms with E-state index in [0.717, 1.165) is 0 Å². The zero-order chi connectivity index (χ0) is 4.24. The van der Waals surface area contributed by atoms with E-state index < -0.39 is 0 Å². The minimum atomic E-state index is 0.708. The molecule has 1 rings (SSSR count). The van der Waals surface area contributed by atoms with Gasteiger partial charge >= 0.3 is 0 Å². The molecule has 0 aromatic carbocycles. The lowest BCUT2D eigenvalue weighted by atomic mass is 10.6. The highest BCUT2D eigenvalue weighted by Gasteiger charge is 1.78. The van der Waals surface area contributed by atoms with Gasteiger partial charge in [0.2, 0.25) is 0 Å². The lowest BCUT2D eigenvalue weighted by Gasteiger charge is -1.89. The van der Waals surface area contributed by atoms with E-state index in [4.69, 9.17) is 0 Å². The van der Waals surface area contributed by atoms with Crippen LogP contribution in [0.4, 0.5) is 0 Å². The Hall–Kier alpha value is -0.790. The maximum absolute atomic E-state index is 4.47. The van der Waals surface area contributed by atoms with E-state index >= 15 is 0 Å². The van der Waals surface area contributed by atoms with Crippen LogP contribution in [0.15, 0.2) is 17.3 Å². The van der Waals surface area contributed by atoms with Crippen LogP contribution < -0.4 is 0 Å². The third kappa shape index (κ3) is 0.578. The molecule has 0 fully saturated rings. The summed E-state index contributed by atoms with van der Waals surface area (Å²) < 4.78 is 4.47. The topological polar surface area (TPSA) is 21.6 Å². The van der Waals surface area contributed by atoms with Crippen molar-refractivity contribution in [3.8, 4) is 0 Å². The summed E-state index contributed by atoms with van der Waals surface area (Å²) in [5, 5.41) is 0. The van der Waals surface area contributed by atoms with Crippen LogP contribution in [0.25, 0.3) is 0 Å². The molecule has 0 aliphatic carbocycles. The Morgan fingerprint density at radius 1 is 1.83 bits per heavy atom. The zero-order valence-corrected chi connectivity index (χ0v) is 3.22. The summed E-state index contributed by atoms with van der Waals surface area (Å²) in [4.78, 5) is 3.62. The van der Waals surface area contributed by atoms with Crippen LogP contribution in [-0.4, -0.2) is 12.9 Å². The second-order valence-corrected chi connectivity index (χ2v) is 0.922. The second-order valence-electron chi connectivity index (χ2n) is 0.922. The summed E-state index contributed by atoms with van der Waals surface area (Å²) in [7, 11) is 0. The Labute approximate surface area is 36.1 Å². The lowest BCUT2D eigenvalue weighted by molar-refractivity contribution is 0.482. The Morgan fingerprint density at radius 2 is 2.83 bits per heavy atom. The molecule has 31 valence electrons. The van der Waals surface area contributed by atoms with Gasteiger partial charge in [-0.15, -0.1) is 0 Å². The van der Waals surface area contributed by atoms with Crippen LogP contribution >= 0.6 is 0 Å². The molecule has 0 atom stereocenters. The van der Waals surface area contributed by atoms with Gasteiger partial charge in [-0.1, -0.05) is 0 Å². The van der Waals surface area contributed by atoms with Gasteiger partial charge in [-0.3, -0.25) is 0 Å². The number of hydrogen-bond donors (Lipinski definition) is 0. The number of nitrogens with zero attached hydrogens (tertiary/aromatic N) is 1. The van der Waals surface area contributed by atoms with Gasteiger partial charge in [0, 0.05) is 0 Å². The molecule has 0 aromatic heterocycles. The van der Waals surface area contributed by atoms with E-state index in [2.05, 4.69) is 16.1 Å². The fraction of sp³-hybridized carbons (Fsp3) is 0.250. The molecule has 0 bridgehead atoms. The summed E-state index contributed by atoms with van der Waals surface area (Å²) in [6.45, 7) is 0.708. The molecule has 1 radical (unpaired) electrons. The van der Waals surface area contributed by atoms with Crippen molar-refractivity contribution in [2.24, 2.45) is 4.99 Å². The Kier molecular flexibility index (Phi) is 0.906. The van der Waals surface area contributed by atoms with E-state index in [1.807, 2.05) is 6.08 Å². The molecule has 0 N–H and O–H groups in total. The highest BCUT2D eigenvalue weighted by Crippen LogP contribution is 1.81. The summed E-state index contributed by atoms with van der Waals surface area (Å²) in [5.41, 5.74) is 0. The molecule has 1 aliphatic heterocycles. The Balaban J connectivity index is 2.40. The lowest BCUT2D eigenvalue weighted by Crippen LogP contribution is -1.84. The first-order valence-electron chi connectivity index (χ1n) is 1.72. The largest absolute Gasteiger partial charge is 0.443 e. The third-order valence-electron chi connectivity index (χ3n) is 0.478. The standard InChI is InChI=1S/C4H4NO/c1-2-5-4-6-3-1/h1,3H,2H2. The first-order chi connectivity index (χ1) is 3.00. The van der Waals surface area contributed by atoms with E-state index in [9.17, 15) is 0 Å². The molecule has 2 heteroatoms. The molecule has 6 heavy (non-hydrogen) atoms. The summed E-state index contributed by atoms with van der Waals surface area (Å²) in [6.07, 6.45) is 5.70. The van der Waals surface area contributed by atoms with Gasteiger partial charge in [0.25, 0.3) is 6.40 Å². The quantitative estimate of drug-likeness (QED) is 0.415. The molecule has 0 saturated heterocycles. The van der Waals surface area contributed by atoms with Crippen molar-refractivity contribution in [1.29, 1.82) is 0 Å².